The number of amides is 3. The highest BCUT2D eigenvalue weighted by Crippen LogP contribution is 2.21. The van der Waals surface area contributed by atoms with Crippen molar-refractivity contribution >= 4 is 40.4 Å². The van der Waals surface area contributed by atoms with Gasteiger partial charge in [0.05, 0.1) is 16.7 Å². The summed E-state index contributed by atoms with van der Waals surface area (Å²) in [6, 6.07) is 6.53. The number of urea groups is 1. The zero-order valence-electron chi connectivity index (χ0n) is 13.9. The lowest BCUT2D eigenvalue weighted by Crippen LogP contribution is -2.38. The molecule has 3 aromatic rings. The molecule has 0 fully saturated rings. The van der Waals surface area contributed by atoms with Crippen LogP contribution in [0.15, 0.2) is 46.9 Å². The lowest BCUT2D eigenvalue weighted by atomic mass is 10.2. The number of para-hydroxylation sites is 1. The van der Waals surface area contributed by atoms with Crippen LogP contribution in [0.4, 0.5) is 4.79 Å². The van der Waals surface area contributed by atoms with E-state index in [1.807, 2.05) is 6.07 Å². The third-order valence-corrected chi connectivity index (χ3v) is 4.53. The molecule has 0 bridgehead atoms. The largest absolute Gasteiger partial charge is 0.341 e. The minimum Gasteiger partial charge on any atom is -0.341 e. The zero-order chi connectivity index (χ0) is 18.7. The number of aromatic nitrogens is 4. The third-order valence-electron chi connectivity index (χ3n) is 3.60. The van der Waals surface area contributed by atoms with E-state index in [0.29, 0.717) is 21.8 Å². The predicted molar refractivity (Wildman–Crippen MR) is 98.3 cm³/mol. The second-order valence-electron chi connectivity index (χ2n) is 5.26. The van der Waals surface area contributed by atoms with Gasteiger partial charge in [0.2, 0.25) is 11.7 Å². The molecule has 134 valence electrons. The average molecular weight is 372 g/mol. The van der Waals surface area contributed by atoms with Crippen LogP contribution in [0.3, 0.4) is 0 Å². The number of hydrogen-bond acceptors (Lipinski definition) is 6. The van der Waals surface area contributed by atoms with E-state index in [1.54, 1.807) is 28.7 Å². The lowest BCUT2D eigenvalue weighted by Gasteiger charge is -2.09. The van der Waals surface area contributed by atoms with Gasteiger partial charge >= 0.3 is 6.03 Å². The number of imide groups is 1. The predicted octanol–water partition coefficient (Wildman–Crippen LogP) is 0.778. The number of nitrogens with zero attached hydrogens (tertiary/aromatic N) is 4. The van der Waals surface area contributed by atoms with E-state index in [1.165, 1.54) is 11.6 Å². The van der Waals surface area contributed by atoms with Gasteiger partial charge in [0, 0.05) is 13.6 Å². The van der Waals surface area contributed by atoms with Crippen LogP contribution >= 0.6 is 11.8 Å². The van der Waals surface area contributed by atoms with Gasteiger partial charge in [0.15, 0.2) is 5.16 Å². The summed E-state index contributed by atoms with van der Waals surface area (Å²) < 4.78 is 3.19. The van der Waals surface area contributed by atoms with Gasteiger partial charge in [0.25, 0.3) is 5.56 Å². The number of carbonyl (C=O) groups is 2. The normalized spacial score (nSPS) is 10.8. The smallest absolute Gasteiger partial charge is 0.321 e. The van der Waals surface area contributed by atoms with Crippen LogP contribution < -0.4 is 16.2 Å². The molecule has 3 rings (SSSR count). The quantitative estimate of drug-likeness (QED) is 0.506. The van der Waals surface area contributed by atoms with Crippen molar-refractivity contribution < 1.29 is 9.59 Å². The Labute approximate surface area is 152 Å². The van der Waals surface area contributed by atoms with Gasteiger partial charge in [-0.2, -0.15) is 0 Å². The molecule has 0 saturated carbocycles. The molecule has 3 amide bonds. The van der Waals surface area contributed by atoms with Crippen LogP contribution in [0.25, 0.3) is 16.7 Å². The summed E-state index contributed by atoms with van der Waals surface area (Å²) in [7, 11) is 1.42. The maximum absolute atomic E-state index is 12.7. The fraction of sp³-hybridized carbons (Fsp3) is 0.188. The fourth-order valence-corrected chi connectivity index (χ4v) is 3.22. The van der Waals surface area contributed by atoms with E-state index in [0.717, 1.165) is 11.8 Å². The van der Waals surface area contributed by atoms with Gasteiger partial charge in [-0.05, 0) is 12.1 Å². The lowest BCUT2D eigenvalue weighted by molar-refractivity contribution is -0.117. The maximum atomic E-state index is 12.7. The number of rotatable bonds is 5. The minimum absolute atomic E-state index is 0.0247. The van der Waals surface area contributed by atoms with E-state index in [2.05, 4.69) is 27.4 Å². The molecule has 1 aromatic carbocycles. The van der Waals surface area contributed by atoms with Crippen molar-refractivity contribution in [2.24, 2.45) is 0 Å². The Morgan fingerprint density at radius 2 is 2.08 bits per heavy atom. The summed E-state index contributed by atoms with van der Waals surface area (Å²) in [6.45, 7) is 3.96. The van der Waals surface area contributed by atoms with Gasteiger partial charge in [-0.3, -0.25) is 23.9 Å². The van der Waals surface area contributed by atoms with Gasteiger partial charge < -0.3 is 5.32 Å². The van der Waals surface area contributed by atoms with Gasteiger partial charge in [0.1, 0.15) is 0 Å². The van der Waals surface area contributed by atoms with Crippen molar-refractivity contribution in [3.05, 3.63) is 47.3 Å². The minimum atomic E-state index is -0.577. The Morgan fingerprint density at radius 3 is 2.81 bits per heavy atom. The number of nitrogens with one attached hydrogen (secondary N) is 2. The number of allylic oxidation sites excluding steroid dienone is 1. The first kappa shape index (κ1) is 17.7. The summed E-state index contributed by atoms with van der Waals surface area (Å²) in [5, 5.41) is 13.7. The first-order chi connectivity index (χ1) is 12.6. The van der Waals surface area contributed by atoms with Gasteiger partial charge in [-0.15, -0.1) is 16.8 Å². The van der Waals surface area contributed by atoms with Crippen LogP contribution in [0, 0.1) is 0 Å². The van der Waals surface area contributed by atoms with Gasteiger partial charge in [-0.1, -0.05) is 30.0 Å². The van der Waals surface area contributed by atoms with E-state index in [-0.39, 0.29) is 17.9 Å². The molecule has 26 heavy (non-hydrogen) atoms. The maximum Gasteiger partial charge on any atom is 0.321 e. The number of benzene rings is 1. The van der Waals surface area contributed by atoms with Crippen molar-refractivity contribution in [2.75, 3.05) is 12.8 Å². The molecule has 0 aliphatic carbocycles. The number of hydrogen-bond donors (Lipinski definition) is 2. The molecular weight excluding hydrogens is 356 g/mol. The molecule has 0 aliphatic heterocycles. The van der Waals surface area contributed by atoms with Crippen molar-refractivity contribution in [3.63, 3.8) is 0 Å². The highest BCUT2D eigenvalue weighted by Gasteiger charge is 2.17. The molecule has 0 unspecified atom stereocenters. The summed E-state index contributed by atoms with van der Waals surface area (Å²) in [5.41, 5.74) is 0.460. The van der Waals surface area contributed by atoms with Crippen molar-refractivity contribution in [1.82, 2.24) is 29.8 Å². The van der Waals surface area contributed by atoms with Crippen molar-refractivity contribution in [1.29, 1.82) is 0 Å². The Kier molecular flexibility index (Phi) is 5.03. The van der Waals surface area contributed by atoms with Crippen molar-refractivity contribution in [2.45, 2.75) is 11.7 Å². The summed E-state index contributed by atoms with van der Waals surface area (Å²) >= 11 is 1.12. The average Bonchev–Trinajstić information content (AvgIpc) is 3.07. The molecule has 2 heterocycles. The molecule has 10 heteroatoms. The highest BCUT2D eigenvalue weighted by molar-refractivity contribution is 7.99. The molecule has 0 aliphatic rings. The topological polar surface area (TPSA) is 110 Å². The van der Waals surface area contributed by atoms with Gasteiger partial charge in [-0.25, -0.2) is 4.79 Å². The number of carbonyl (C=O) groups excluding carboxylic acids is 2. The highest BCUT2D eigenvalue weighted by atomic mass is 32.2. The van der Waals surface area contributed by atoms with E-state index < -0.39 is 11.9 Å². The Morgan fingerprint density at radius 1 is 1.31 bits per heavy atom. The Balaban J connectivity index is 2.05. The van der Waals surface area contributed by atoms with Crippen LogP contribution in [0.5, 0.6) is 0 Å². The first-order valence-corrected chi connectivity index (χ1v) is 8.67. The van der Waals surface area contributed by atoms with Crippen molar-refractivity contribution in [3.8, 4) is 0 Å². The molecule has 0 radical (unpaired) electrons. The summed E-state index contributed by atoms with van der Waals surface area (Å²) in [5.74, 6) is -0.124. The molecule has 0 atom stereocenters. The summed E-state index contributed by atoms with van der Waals surface area (Å²) in [6.07, 6.45) is 1.61. The Hall–Kier alpha value is -3.14. The first-order valence-electron chi connectivity index (χ1n) is 7.68. The second kappa shape index (κ2) is 7.40. The standard InChI is InChI=1S/C16H16N6O3S/c1-3-8-21-13(24)10-6-4-5-7-11(10)22-15(21)19-20-16(22)26-9-12(23)18-14(25)17-2/h3-7H,1,8-9H2,2H3,(H2,17,18,23,25). The third kappa shape index (κ3) is 3.18. The number of fused-ring (bicyclic) bond motifs is 3. The SMILES string of the molecule is C=CCn1c(=O)c2ccccc2n2c(SCC(=O)NC(=O)NC)nnc12. The van der Waals surface area contributed by atoms with Crippen LogP contribution in [0.2, 0.25) is 0 Å². The molecule has 0 spiro atoms. The molecule has 2 aromatic heterocycles. The summed E-state index contributed by atoms with van der Waals surface area (Å²) in [4.78, 5) is 35.7. The Bertz CT molecular complexity index is 1070. The van der Waals surface area contributed by atoms with Crippen LogP contribution in [0.1, 0.15) is 0 Å². The van der Waals surface area contributed by atoms with E-state index in [9.17, 15) is 14.4 Å². The van der Waals surface area contributed by atoms with E-state index in [4.69, 9.17) is 0 Å². The van der Waals surface area contributed by atoms with Crippen LogP contribution in [-0.4, -0.2) is 43.9 Å². The monoisotopic (exact) mass is 372 g/mol. The molecule has 2 N–H and O–H groups in total. The van der Waals surface area contributed by atoms with E-state index >= 15 is 0 Å². The fourth-order valence-electron chi connectivity index (χ4n) is 2.48. The second-order valence-corrected chi connectivity index (χ2v) is 6.20. The molecule has 0 saturated heterocycles. The van der Waals surface area contributed by atoms with Crippen LogP contribution in [-0.2, 0) is 11.3 Å². The molecular formula is C16H16N6O3S. The number of thioether (sulfide) groups is 1. The zero-order valence-corrected chi connectivity index (χ0v) is 14.7. The molecule has 9 nitrogen and oxygen atoms in total.